The molecular formula is C16H25N5OSi. The second-order valence-corrected chi connectivity index (χ2v) is 12.2. The molecule has 0 saturated heterocycles. The topological polar surface area (TPSA) is 67.6 Å². The summed E-state index contributed by atoms with van der Waals surface area (Å²) in [5.41, 5.74) is 2.69. The lowest BCUT2D eigenvalue weighted by Crippen LogP contribution is -2.21. The lowest BCUT2D eigenvalue weighted by atomic mass is 10.1. The standard InChI is InChI=1S/C16H25N5OSi/c1-17-15(13-10-19-20-11-13)14-6-7-21(16(14)18-2)12-22-8-9-23(3,4)5/h6-7,10-11H,2,8-9,12H2,1,3-5H3,(H,19,20)/b17-15-. The molecule has 0 aliphatic rings. The number of hydrogen-bond acceptors (Lipinski definition) is 4. The van der Waals surface area contributed by atoms with Gasteiger partial charge in [0.25, 0.3) is 0 Å². The van der Waals surface area contributed by atoms with Crippen molar-refractivity contribution in [3.05, 3.63) is 35.8 Å². The zero-order valence-corrected chi connectivity index (χ0v) is 15.3. The van der Waals surface area contributed by atoms with Gasteiger partial charge >= 0.3 is 0 Å². The van der Waals surface area contributed by atoms with Gasteiger partial charge in [0.2, 0.25) is 0 Å². The van der Waals surface area contributed by atoms with Crippen molar-refractivity contribution in [1.29, 1.82) is 0 Å². The Morgan fingerprint density at radius 1 is 1.43 bits per heavy atom. The second-order valence-electron chi connectivity index (χ2n) is 6.59. The summed E-state index contributed by atoms with van der Waals surface area (Å²) in [4.78, 5) is 8.54. The summed E-state index contributed by atoms with van der Waals surface area (Å²) in [7, 11) is 0.689. The zero-order valence-electron chi connectivity index (χ0n) is 14.3. The van der Waals surface area contributed by atoms with Crippen LogP contribution in [-0.4, -0.2) is 48.9 Å². The van der Waals surface area contributed by atoms with E-state index in [1.807, 2.05) is 23.0 Å². The molecule has 0 saturated carbocycles. The highest BCUT2D eigenvalue weighted by atomic mass is 28.3. The van der Waals surface area contributed by atoms with Gasteiger partial charge in [-0.1, -0.05) is 19.6 Å². The first-order chi connectivity index (χ1) is 11.0. The highest BCUT2D eigenvalue weighted by Crippen LogP contribution is 2.24. The molecule has 0 fully saturated rings. The smallest absolute Gasteiger partial charge is 0.143 e. The summed E-state index contributed by atoms with van der Waals surface area (Å²) in [6, 6.07) is 3.13. The van der Waals surface area contributed by atoms with Crippen LogP contribution in [0.3, 0.4) is 0 Å². The first-order valence-corrected chi connectivity index (χ1v) is 11.4. The number of ether oxygens (including phenoxy) is 1. The Kier molecular flexibility index (Phi) is 5.67. The zero-order chi connectivity index (χ0) is 16.9. The van der Waals surface area contributed by atoms with Crippen LogP contribution >= 0.6 is 0 Å². The minimum Gasteiger partial charge on any atom is -0.361 e. The van der Waals surface area contributed by atoms with Gasteiger partial charge in [0.05, 0.1) is 11.9 Å². The van der Waals surface area contributed by atoms with Crippen LogP contribution in [-0.2, 0) is 11.5 Å². The molecule has 2 rings (SSSR count). The fourth-order valence-corrected chi connectivity index (χ4v) is 3.01. The molecule has 0 aliphatic heterocycles. The monoisotopic (exact) mass is 331 g/mol. The second kappa shape index (κ2) is 7.52. The Balaban J connectivity index is 2.12. The van der Waals surface area contributed by atoms with Crippen molar-refractivity contribution in [3.63, 3.8) is 0 Å². The Morgan fingerprint density at radius 3 is 2.78 bits per heavy atom. The number of rotatable bonds is 8. The summed E-state index contributed by atoms with van der Waals surface area (Å²) in [6.45, 7) is 12.0. The highest BCUT2D eigenvalue weighted by molar-refractivity contribution is 6.76. The highest BCUT2D eigenvalue weighted by Gasteiger charge is 2.16. The Bertz CT molecular complexity index is 667. The minimum absolute atomic E-state index is 0.473. The lowest BCUT2D eigenvalue weighted by Gasteiger charge is -2.16. The maximum atomic E-state index is 5.81. The van der Waals surface area contributed by atoms with Crippen molar-refractivity contribution in [2.75, 3.05) is 13.7 Å². The van der Waals surface area contributed by atoms with Crippen LogP contribution in [0.25, 0.3) is 0 Å². The molecule has 6 nitrogen and oxygen atoms in total. The van der Waals surface area contributed by atoms with Crippen molar-refractivity contribution in [3.8, 4) is 0 Å². The molecule has 0 aliphatic carbocycles. The summed E-state index contributed by atoms with van der Waals surface area (Å²) in [6.07, 6.45) is 5.52. The van der Waals surface area contributed by atoms with Crippen molar-refractivity contribution < 1.29 is 4.74 Å². The van der Waals surface area contributed by atoms with Crippen molar-refractivity contribution in [1.82, 2.24) is 14.8 Å². The number of H-pyrrole nitrogens is 1. The minimum atomic E-state index is -1.07. The van der Waals surface area contributed by atoms with Gasteiger partial charge in [-0.3, -0.25) is 10.1 Å². The fourth-order valence-electron chi connectivity index (χ4n) is 2.26. The molecule has 0 amide bonds. The van der Waals surface area contributed by atoms with E-state index in [-0.39, 0.29) is 0 Å². The molecule has 0 spiro atoms. The normalized spacial score (nSPS) is 12.6. The average molecular weight is 331 g/mol. The quantitative estimate of drug-likeness (QED) is 0.458. The van der Waals surface area contributed by atoms with E-state index in [2.05, 4.69) is 46.5 Å². The molecule has 2 aromatic heterocycles. The van der Waals surface area contributed by atoms with Gasteiger partial charge in [-0.25, -0.2) is 4.99 Å². The molecule has 0 unspecified atom stereocenters. The average Bonchev–Trinajstić information content (AvgIpc) is 3.14. The third-order valence-corrected chi connectivity index (χ3v) is 5.27. The molecule has 0 radical (unpaired) electrons. The molecule has 23 heavy (non-hydrogen) atoms. The molecule has 2 heterocycles. The lowest BCUT2D eigenvalue weighted by molar-refractivity contribution is 0.0886. The van der Waals surface area contributed by atoms with Gasteiger partial charge in [-0.15, -0.1) is 0 Å². The molecule has 0 aromatic carbocycles. The predicted molar refractivity (Wildman–Crippen MR) is 97.9 cm³/mol. The third kappa shape index (κ3) is 4.49. The first kappa shape index (κ1) is 17.4. The number of hydrogen-bond donors (Lipinski definition) is 1. The summed E-state index contributed by atoms with van der Waals surface area (Å²) in [5, 5.41) is 6.79. The van der Waals surface area contributed by atoms with Crippen LogP contribution < -0.4 is 0 Å². The Hall–Kier alpha value is -1.99. The number of nitrogens with zero attached hydrogens (tertiary/aromatic N) is 4. The molecular weight excluding hydrogens is 306 g/mol. The molecule has 1 N–H and O–H groups in total. The molecule has 2 aromatic rings. The third-order valence-electron chi connectivity index (χ3n) is 3.56. The van der Waals surface area contributed by atoms with E-state index in [1.54, 1.807) is 13.2 Å². The summed E-state index contributed by atoms with van der Waals surface area (Å²) < 4.78 is 7.76. The van der Waals surface area contributed by atoms with Crippen molar-refractivity contribution in [2.24, 2.45) is 9.98 Å². The van der Waals surface area contributed by atoms with Gasteiger partial charge in [0.15, 0.2) is 0 Å². The molecule has 124 valence electrons. The van der Waals surface area contributed by atoms with Gasteiger partial charge in [-0.2, -0.15) is 5.10 Å². The van der Waals surface area contributed by atoms with E-state index >= 15 is 0 Å². The maximum Gasteiger partial charge on any atom is 0.143 e. The van der Waals surface area contributed by atoms with E-state index in [4.69, 9.17) is 4.74 Å². The first-order valence-electron chi connectivity index (χ1n) is 7.66. The van der Waals surface area contributed by atoms with E-state index in [9.17, 15) is 0 Å². The Labute approximate surface area is 138 Å². The van der Waals surface area contributed by atoms with Crippen LogP contribution in [0.15, 0.2) is 34.6 Å². The number of aliphatic imine (C=N–C) groups is 2. The molecule has 0 atom stereocenters. The van der Waals surface area contributed by atoms with Crippen molar-refractivity contribution >= 4 is 26.3 Å². The largest absolute Gasteiger partial charge is 0.361 e. The SMILES string of the molecule is C=Nc1c(/C(=N\C)c2cn[nH]c2)ccn1COCC[Si](C)(C)C. The maximum absolute atomic E-state index is 5.81. The van der Waals surface area contributed by atoms with E-state index < -0.39 is 8.07 Å². The van der Waals surface area contributed by atoms with E-state index in [1.165, 1.54) is 0 Å². The van der Waals surface area contributed by atoms with E-state index in [0.29, 0.717) is 6.73 Å². The molecule has 7 heteroatoms. The van der Waals surface area contributed by atoms with Gasteiger partial charge < -0.3 is 9.30 Å². The van der Waals surface area contributed by atoms with Crippen LogP contribution in [0.2, 0.25) is 25.7 Å². The van der Waals surface area contributed by atoms with Crippen LogP contribution in [0.4, 0.5) is 5.82 Å². The van der Waals surface area contributed by atoms with Crippen LogP contribution in [0.5, 0.6) is 0 Å². The predicted octanol–water partition coefficient (Wildman–Crippen LogP) is 3.32. The van der Waals surface area contributed by atoms with Crippen LogP contribution in [0.1, 0.15) is 11.1 Å². The summed E-state index contributed by atoms with van der Waals surface area (Å²) >= 11 is 0. The number of nitrogens with one attached hydrogen (secondary N) is 1. The fraction of sp³-hybridized carbons (Fsp3) is 0.438. The number of aromatic nitrogens is 3. The van der Waals surface area contributed by atoms with Gasteiger partial charge in [-0.05, 0) is 18.8 Å². The van der Waals surface area contributed by atoms with Crippen molar-refractivity contribution in [2.45, 2.75) is 32.4 Å². The van der Waals surface area contributed by atoms with Gasteiger partial charge in [0.1, 0.15) is 12.5 Å². The summed E-state index contributed by atoms with van der Waals surface area (Å²) in [5.74, 6) is 0.764. The molecule has 0 bridgehead atoms. The number of aromatic amines is 1. The van der Waals surface area contributed by atoms with Crippen LogP contribution in [0, 0.1) is 0 Å². The van der Waals surface area contributed by atoms with Gasteiger partial charge in [0, 0.05) is 45.2 Å². The Morgan fingerprint density at radius 2 is 2.22 bits per heavy atom. The van der Waals surface area contributed by atoms with E-state index in [0.717, 1.165) is 35.3 Å².